The molecule has 2 N–H and O–H groups in total. The summed E-state index contributed by atoms with van der Waals surface area (Å²) in [6, 6.07) is 16.1. The molecule has 2 amide bonds. The number of ether oxygens (including phenoxy) is 1. The summed E-state index contributed by atoms with van der Waals surface area (Å²) < 4.78 is 73.1. The second kappa shape index (κ2) is 12.1. The minimum absolute atomic E-state index is 0.0490. The highest BCUT2D eigenvalue weighted by Crippen LogP contribution is 2.37. The molecule has 3 aromatic carbocycles. The van der Waals surface area contributed by atoms with Gasteiger partial charge in [-0.2, -0.15) is 17.5 Å². The fraction of sp³-hybridized carbons (Fsp3) is 0.250. The summed E-state index contributed by atoms with van der Waals surface area (Å²) in [5, 5.41) is 4.66. The molecule has 1 unspecified atom stereocenters. The Bertz CT molecular complexity index is 1560. The van der Waals surface area contributed by atoms with Crippen LogP contribution in [-0.4, -0.2) is 43.7 Å². The van der Waals surface area contributed by atoms with Crippen molar-refractivity contribution in [2.75, 3.05) is 23.8 Å². The first kappa shape index (κ1) is 29.7. The number of sulfonamides is 1. The van der Waals surface area contributed by atoms with Crippen LogP contribution in [0.25, 0.3) is 0 Å². The van der Waals surface area contributed by atoms with Crippen molar-refractivity contribution < 1.29 is 40.7 Å². The van der Waals surface area contributed by atoms with Gasteiger partial charge >= 0.3 is 12.1 Å². The lowest BCUT2D eigenvalue weighted by molar-refractivity contribution is -0.148. The van der Waals surface area contributed by atoms with Gasteiger partial charge in [0.25, 0.3) is 5.91 Å². The molecule has 0 fully saturated rings. The molecule has 0 aliphatic carbocycles. The number of benzene rings is 3. The highest BCUT2D eigenvalue weighted by atomic mass is 32.2. The van der Waals surface area contributed by atoms with E-state index in [1.807, 2.05) is 6.07 Å². The maximum atomic E-state index is 13.6. The van der Waals surface area contributed by atoms with E-state index in [9.17, 15) is 36.0 Å². The third-order valence-corrected chi connectivity index (χ3v) is 8.30. The molecule has 9 nitrogen and oxygen atoms in total. The predicted molar refractivity (Wildman–Crippen MR) is 143 cm³/mol. The van der Waals surface area contributed by atoms with E-state index in [-0.39, 0.29) is 17.3 Å². The SMILES string of the molecule is CC(=O)Nc1ccc(S(=O)(=O)N2CCc3ccccc3C2CC(=O)OCC(=O)Nc2ccccc2C(F)(F)F)cc1. The molecule has 0 bridgehead atoms. The lowest BCUT2D eigenvalue weighted by Crippen LogP contribution is -2.41. The van der Waals surface area contributed by atoms with Gasteiger partial charge in [-0.1, -0.05) is 36.4 Å². The van der Waals surface area contributed by atoms with Gasteiger partial charge in [0.05, 0.1) is 28.6 Å². The maximum absolute atomic E-state index is 13.6. The Morgan fingerprint density at radius 2 is 1.61 bits per heavy atom. The number of carbonyl (C=O) groups excluding carboxylic acids is 3. The van der Waals surface area contributed by atoms with Crippen LogP contribution < -0.4 is 10.6 Å². The Balaban J connectivity index is 1.50. The number of fused-ring (bicyclic) bond motifs is 1. The van der Waals surface area contributed by atoms with Gasteiger partial charge in [-0.25, -0.2) is 8.42 Å². The van der Waals surface area contributed by atoms with Crippen LogP contribution in [0.15, 0.2) is 77.7 Å². The maximum Gasteiger partial charge on any atom is 0.418 e. The van der Waals surface area contributed by atoms with Crippen molar-refractivity contribution in [3.63, 3.8) is 0 Å². The van der Waals surface area contributed by atoms with Gasteiger partial charge in [0.2, 0.25) is 15.9 Å². The number of para-hydroxylation sites is 1. The van der Waals surface area contributed by atoms with E-state index in [1.54, 1.807) is 18.2 Å². The number of alkyl halides is 3. The Morgan fingerprint density at radius 1 is 0.951 bits per heavy atom. The number of rotatable bonds is 8. The minimum Gasteiger partial charge on any atom is -0.456 e. The molecule has 1 atom stereocenters. The van der Waals surface area contributed by atoms with Gasteiger partial charge in [0, 0.05) is 19.2 Å². The van der Waals surface area contributed by atoms with Gasteiger partial charge in [-0.15, -0.1) is 0 Å². The Hall–Kier alpha value is -4.23. The van der Waals surface area contributed by atoms with Gasteiger partial charge < -0.3 is 15.4 Å². The summed E-state index contributed by atoms with van der Waals surface area (Å²) in [6.45, 7) is 0.529. The number of halogens is 3. The first-order chi connectivity index (χ1) is 19.4. The molecule has 1 heterocycles. The molecule has 0 saturated heterocycles. The van der Waals surface area contributed by atoms with Crippen molar-refractivity contribution in [3.8, 4) is 0 Å². The van der Waals surface area contributed by atoms with Gasteiger partial charge in [-0.3, -0.25) is 14.4 Å². The second-order valence-electron chi connectivity index (χ2n) is 9.24. The van der Waals surface area contributed by atoms with Gasteiger partial charge in [0.15, 0.2) is 6.61 Å². The van der Waals surface area contributed by atoms with Crippen LogP contribution in [0.5, 0.6) is 0 Å². The molecule has 0 aromatic heterocycles. The zero-order chi connectivity index (χ0) is 29.8. The number of esters is 1. The van der Waals surface area contributed by atoms with Crippen LogP contribution in [0.4, 0.5) is 24.5 Å². The summed E-state index contributed by atoms with van der Waals surface area (Å²) in [4.78, 5) is 36.4. The van der Waals surface area contributed by atoms with Crippen LogP contribution in [-0.2, 0) is 41.7 Å². The van der Waals surface area contributed by atoms with Crippen LogP contribution in [0.2, 0.25) is 0 Å². The third-order valence-electron chi connectivity index (χ3n) is 6.38. The number of hydrogen-bond acceptors (Lipinski definition) is 6. The number of carbonyl (C=O) groups is 3. The predicted octanol–water partition coefficient (Wildman–Crippen LogP) is 4.52. The molecule has 3 aromatic rings. The molecule has 1 aliphatic heterocycles. The Labute approximate surface area is 234 Å². The molecule has 4 rings (SSSR count). The molecule has 41 heavy (non-hydrogen) atoms. The lowest BCUT2D eigenvalue weighted by atomic mass is 9.92. The normalized spacial score (nSPS) is 15.5. The summed E-state index contributed by atoms with van der Waals surface area (Å²) in [5.74, 6) is -2.21. The Morgan fingerprint density at radius 3 is 2.29 bits per heavy atom. The van der Waals surface area contributed by atoms with E-state index in [0.29, 0.717) is 17.7 Å². The quantitative estimate of drug-likeness (QED) is 0.373. The summed E-state index contributed by atoms with van der Waals surface area (Å²) in [5.41, 5.74) is 0.321. The van der Waals surface area contributed by atoms with Gasteiger partial charge in [-0.05, 0) is 53.9 Å². The summed E-state index contributed by atoms with van der Waals surface area (Å²) in [7, 11) is -4.11. The van der Waals surface area contributed by atoms with E-state index in [1.165, 1.54) is 47.6 Å². The Kier molecular flexibility index (Phi) is 8.78. The number of nitrogens with zero attached hydrogens (tertiary/aromatic N) is 1. The highest BCUT2D eigenvalue weighted by molar-refractivity contribution is 7.89. The molecule has 1 aliphatic rings. The molecule has 0 saturated carbocycles. The van der Waals surface area contributed by atoms with E-state index in [4.69, 9.17) is 4.74 Å². The van der Waals surface area contributed by atoms with Crippen molar-refractivity contribution in [1.29, 1.82) is 0 Å². The van der Waals surface area contributed by atoms with E-state index in [0.717, 1.165) is 17.7 Å². The number of nitrogens with one attached hydrogen (secondary N) is 2. The molecule has 0 spiro atoms. The number of hydrogen-bond donors (Lipinski definition) is 2. The first-order valence-electron chi connectivity index (χ1n) is 12.5. The standard InChI is InChI=1S/C28H26F3N3O6S/c1-18(35)32-20-10-12-21(13-11-20)41(38,39)34-15-14-19-6-2-3-7-22(19)25(34)16-27(37)40-17-26(36)33-24-9-5-4-8-23(24)28(29,30)31/h2-13,25H,14-17H2,1H3,(H,32,35)(H,33,36). The average Bonchev–Trinajstić information content (AvgIpc) is 2.91. The zero-order valence-electron chi connectivity index (χ0n) is 21.8. The van der Waals surface area contributed by atoms with Crippen molar-refractivity contribution in [2.45, 2.75) is 36.9 Å². The second-order valence-corrected chi connectivity index (χ2v) is 11.1. The lowest BCUT2D eigenvalue weighted by Gasteiger charge is -2.36. The van der Waals surface area contributed by atoms with Crippen LogP contribution in [0.3, 0.4) is 0 Å². The van der Waals surface area contributed by atoms with E-state index < -0.39 is 58.4 Å². The minimum atomic E-state index is -4.70. The van der Waals surface area contributed by atoms with Crippen LogP contribution in [0, 0.1) is 0 Å². The topological polar surface area (TPSA) is 122 Å². The third kappa shape index (κ3) is 7.11. The molecular formula is C28H26F3N3O6S. The van der Waals surface area contributed by atoms with E-state index in [2.05, 4.69) is 10.6 Å². The number of anilines is 2. The first-order valence-corrected chi connectivity index (χ1v) is 13.9. The van der Waals surface area contributed by atoms with Crippen LogP contribution in [0.1, 0.15) is 36.1 Å². The monoisotopic (exact) mass is 589 g/mol. The van der Waals surface area contributed by atoms with Gasteiger partial charge in [0.1, 0.15) is 0 Å². The zero-order valence-corrected chi connectivity index (χ0v) is 22.6. The van der Waals surface area contributed by atoms with Crippen molar-refractivity contribution in [3.05, 3.63) is 89.5 Å². The largest absolute Gasteiger partial charge is 0.456 e. The van der Waals surface area contributed by atoms with E-state index >= 15 is 0 Å². The van der Waals surface area contributed by atoms with Crippen molar-refractivity contribution in [2.24, 2.45) is 0 Å². The molecule has 13 heteroatoms. The highest BCUT2D eigenvalue weighted by Gasteiger charge is 2.38. The fourth-order valence-electron chi connectivity index (χ4n) is 4.57. The smallest absolute Gasteiger partial charge is 0.418 e. The molecular weight excluding hydrogens is 563 g/mol. The summed E-state index contributed by atoms with van der Waals surface area (Å²) in [6.07, 6.45) is -4.74. The summed E-state index contributed by atoms with van der Waals surface area (Å²) >= 11 is 0. The van der Waals surface area contributed by atoms with Crippen molar-refractivity contribution >= 4 is 39.2 Å². The molecule has 216 valence electrons. The fourth-order valence-corrected chi connectivity index (χ4v) is 6.17. The van der Waals surface area contributed by atoms with Crippen molar-refractivity contribution in [1.82, 2.24) is 4.31 Å². The number of amides is 2. The van der Waals surface area contributed by atoms with Crippen LogP contribution >= 0.6 is 0 Å². The molecule has 0 radical (unpaired) electrons. The average molecular weight is 590 g/mol.